The Kier molecular flexibility index (Phi) is 4.14. The average molecular weight is 291 g/mol. The molecule has 0 spiro atoms. The van der Waals surface area contributed by atoms with E-state index in [0.717, 1.165) is 43.6 Å². The van der Waals surface area contributed by atoms with E-state index in [0.29, 0.717) is 6.54 Å². The molecule has 1 aliphatic heterocycles. The second-order valence-electron chi connectivity index (χ2n) is 6.17. The third-order valence-electron chi connectivity index (χ3n) is 4.71. The fourth-order valence-electron chi connectivity index (χ4n) is 3.15. The molecule has 0 aromatic carbocycles. The van der Waals surface area contributed by atoms with Gasteiger partial charge in [-0.05, 0) is 25.8 Å². The summed E-state index contributed by atoms with van der Waals surface area (Å²) in [4.78, 5) is 16.7. The zero-order valence-electron chi connectivity index (χ0n) is 13.0. The molecule has 6 heteroatoms. The van der Waals surface area contributed by atoms with E-state index in [9.17, 15) is 4.79 Å². The lowest BCUT2D eigenvalue weighted by atomic mass is 9.91. The summed E-state index contributed by atoms with van der Waals surface area (Å²) in [6, 6.07) is 2.84. The lowest BCUT2D eigenvalue weighted by molar-refractivity contribution is 0.0729. The Morgan fingerprint density at radius 2 is 2.05 bits per heavy atom. The van der Waals surface area contributed by atoms with Crippen molar-refractivity contribution in [1.29, 1.82) is 0 Å². The first-order chi connectivity index (χ1) is 10.1. The second-order valence-corrected chi connectivity index (χ2v) is 6.17. The molecule has 1 N–H and O–H groups in total. The number of urea groups is 1. The van der Waals surface area contributed by atoms with Gasteiger partial charge >= 0.3 is 6.03 Å². The van der Waals surface area contributed by atoms with Gasteiger partial charge in [0.25, 0.3) is 0 Å². The molecule has 1 saturated heterocycles. The molecule has 0 atom stereocenters. The maximum absolute atomic E-state index is 12.2. The Hall–Kier alpha value is -1.56. The lowest BCUT2D eigenvalue weighted by Crippen LogP contribution is -2.55. The largest absolute Gasteiger partial charge is 0.332 e. The van der Waals surface area contributed by atoms with Crippen molar-refractivity contribution < 1.29 is 4.79 Å². The highest BCUT2D eigenvalue weighted by Crippen LogP contribution is 2.25. The number of carbonyl (C=O) groups excluding carboxylic acids is 1. The number of amides is 2. The molecule has 116 valence electrons. The van der Waals surface area contributed by atoms with Gasteiger partial charge in [-0.1, -0.05) is 6.42 Å². The summed E-state index contributed by atoms with van der Waals surface area (Å²) in [6.45, 7) is 6.22. The van der Waals surface area contributed by atoms with Crippen molar-refractivity contribution >= 4 is 6.03 Å². The summed E-state index contributed by atoms with van der Waals surface area (Å²) >= 11 is 0. The van der Waals surface area contributed by atoms with Crippen molar-refractivity contribution in [3.8, 4) is 0 Å². The molecule has 2 amide bonds. The van der Waals surface area contributed by atoms with E-state index < -0.39 is 0 Å². The van der Waals surface area contributed by atoms with E-state index in [1.54, 1.807) is 0 Å². The first-order valence-electron chi connectivity index (χ1n) is 7.90. The summed E-state index contributed by atoms with van der Waals surface area (Å²) in [5.74, 6) is 0. The van der Waals surface area contributed by atoms with Gasteiger partial charge in [-0.2, -0.15) is 5.10 Å². The van der Waals surface area contributed by atoms with Crippen LogP contribution in [0.1, 0.15) is 30.7 Å². The van der Waals surface area contributed by atoms with E-state index in [-0.39, 0.29) is 6.03 Å². The smallest absolute Gasteiger partial charge is 0.317 e. The van der Waals surface area contributed by atoms with Crippen LogP contribution in [0.3, 0.4) is 0 Å². The van der Waals surface area contributed by atoms with E-state index in [1.807, 2.05) is 29.6 Å². The van der Waals surface area contributed by atoms with Crippen molar-refractivity contribution in [3.05, 3.63) is 17.5 Å². The number of hydrogen-bond donors (Lipinski definition) is 1. The highest BCUT2D eigenvalue weighted by molar-refractivity contribution is 5.74. The molecule has 0 bridgehead atoms. The molecule has 21 heavy (non-hydrogen) atoms. The van der Waals surface area contributed by atoms with E-state index in [1.165, 1.54) is 19.3 Å². The minimum Gasteiger partial charge on any atom is -0.332 e. The summed E-state index contributed by atoms with van der Waals surface area (Å²) < 4.78 is 1.82. The number of nitrogens with one attached hydrogen (secondary N) is 1. The fraction of sp³-hybridized carbons (Fsp3) is 0.733. The SMILES string of the molecule is Cc1cc(CNC(=O)N2CCN(C3CCC3)CC2)n(C)n1. The normalized spacial score (nSPS) is 20.4. The Balaban J connectivity index is 1.44. The van der Waals surface area contributed by atoms with Gasteiger partial charge in [0.15, 0.2) is 0 Å². The van der Waals surface area contributed by atoms with Crippen LogP contribution in [0.4, 0.5) is 4.79 Å². The number of hydrogen-bond acceptors (Lipinski definition) is 3. The van der Waals surface area contributed by atoms with Crippen LogP contribution in [0.2, 0.25) is 0 Å². The highest BCUT2D eigenvalue weighted by Gasteiger charge is 2.29. The van der Waals surface area contributed by atoms with Crippen molar-refractivity contribution in [2.24, 2.45) is 7.05 Å². The molecular formula is C15H25N5O. The van der Waals surface area contributed by atoms with Gasteiger partial charge in [0.2, 0.25) is 0 Å². The van der Waals surface area contributed by atoms with Gasteiger partial charge < -0.3 is 10.2 Å². The zero-order chi connectivity index (χ0) is 14.8. The molecule has 1 saturated carbocycles. The van der Waals surface area contributed by atoms with Crippen molar-refractivity contribution in [3.63, 3.8) is 0 Å². The maximum Gasteiger partial charge on any atom is 0.317 e. The fourth-order valence-corrected chi connectivity index (χ4v) is 3.15. The molecule has 6 nitrogen and oxygen atoms in total. The third kappa shape index (κ3) is 3.20. The van der Waals surface area contributed by atoms with Crippen LogP contribution in [0, 0.1) is 6.92 Å². The lowest BCUT2D eigenvalue weighted by Gasteiger charge is -2.42. The number of aryl methyl sites for hydroxylation is 2. The Bertz CT molecular complexity index is 500. The summed E-state index contributed by atoms with van der Waals surface area (Å²) in [5, 5.41) is 7.29. The van der Waals surface area contributed by atoms with Crippen molar-refractivity contribution in [1.82, 2.24) is 24.9 Å². The van der Waals surface area contributed by atoms with E-state index >= 15 is 0 Å². The van der Waals surface area contributed by atoms with Crippen LogP contribution >= 0.6 is 0 Å². The van der Waals surface area contributed by atoms with Crippen LogP contribution in [0.25, 0.3) is 0 Å². The van der Waals surface area contributed by atoms with E-state index in [4.69, 9.17) is 0 Å². The molecule has 3 rings (SSSR count). The number of rotatable bonds is 3. The quantitative estimate of drug-likeness (QED) is 0.907. The van der Waals surface area contributed by atoms with Gasteiger partial charge in [0.05, 0.1) is 17.9 Å². The standard InChI is InChI=1S/C15H25N5O/c1-12-10-14(18(2)17-12)11-16-15(21)20-8-6-19(7-9-20)13-4-3-5-13/h10,13H,3-9,11H2,1-2H3,(H,16,21). The molecule has 2 heterocycles. The molecular weight excluding hydrogens is 266 g/mol. The Labute approximate surface area is 126 Å². The number of aromatic nitrogens is 2. The summed E-state index contributed by atoms with van der Waals surface area (Å²) in [5.41, 5.74) is 2.02. The topological polar surface area (TPSA) is 53.4 Å². The molecule has 2 fully saturated rings. The molecule has 0 radical (unpaired) electrons. The van der Waals surface area contributed by atoms with Gasteiger partial charge in [0.1, 0.15) is 0 Å². The van der Waals surface area contributed by atoms with Crippen LogP contribution in [0.15, 0.2) is 6.07 Å². The molecule has 1 aromatic heterocycles. The third-order valence-corrected chi connectivity index (χ3v) is 4.71. The summed E-state index contributed by atoms with van der Waals surface area (Å²) in [7, 11) is 1.91. The minimum absolute atomic E-state index is 0.0436. The minimum atomic E-state index is 0.0436. The number of carbonyl (C=O) groups is 1. The Morgan fingerprint density at radius 3 is 2.57 bits per heavy atom. The first kappa shape index (κ1) is 14.4. The number of piperazine rings is 1. The van der Waals surface area contributed by atoms with Gasteiger partial charge in [0, 0.05) is 39.3 Å². The Morgan fingerprint density at radius 1 is 1.33 bits per heavy atom. The van der Waals surface area contributed by atoms with Crippen LogP contribution in [-0.4, -0.2) is 57.8 Å². The molecule has 1 aliphatic carbocycles. The maximum atomic E-state index is 12.2. The number of nitrogens with zero attached hydrogens (tertiary/aromatic N) is 4. The van der Waals surface area contributed by atoms with Gasteiger partial charge in [-0.15, -0.1) is 0 Å². The van der Waals surface area contributed by atoms with Crippen LogP contribution in [0.5, 0.6) is 0 Å². The molecule has 1 aromatic rings. The van der Waals surface area contributed by atoms with E-state index in [2.05, 4.69) is 15.3 Å². The van der Waals surface area contributed by atoms with Gasteiger partial charge in [-0.3, -0.25) is 9.58 Å². The molecule has 0 unspecified atom stereocenters. The monoisotopic (exact) mass is 291 g/mol. The predicted octanol–water partition coefficient (Wildman–Crippen LogP) is 1.11. The second kappa shape index (κ2) is 6.05. The van der Waals surface area contributed by atoms with Crippen molar-refractivity contribution in [2.75, 3.05) is 26.2 Å². The van der Waals surface area contributed by atoms with Crippen LogP contribution in [-0.2, 0) is 13.6 Å². The average Bonchev–Trinajstić information content (AvgIpc) is 2.73. The van der Waals surface area contributed by atoms with Crippen LogP contribution < -0.4 is 5.32 Å². The summed E-state index contributed by atoms with van der Waals surface area (Å²) in [6.07, 6.45) is 4.05. The highest BCUT2D eigenvalue weighted by atomic mass is 16.2. The molecule has 2 aliphatic rings. The van der Waals surface area contributed by atoms with Crippen molar-refractivity contribution in [2.45, 2.75) is 38.8 Å². The predicted molar refractivity (Wildman–Crippen MR) is 81.0 cm³/mol. The zero-order valence-corrected chi connectivity index (χ0v) is 13.0. The van der Waals surface area contributed by atoms with Gasteiger partial charge in [-0.25, -0.2) is 4.79 Å². The first-order valence-corrected chi connectivity index (χ1v) is 7.90.